The van der Waals surface area contributed by atoms with Gasteiger partial charge in [-0.3, -0.25) is 0 Å². The van der Waals surface area contributed by atoms with Gasteiger partial charge < -0.3 is 13.9 Å². The van der Waals surface area contributed by atoms with Crippen LogP contribution in [0.1, 0.15) is 18.4 Å². The lowest BCUT2D eigenvalue weighted by Crippen LogP contribution is -2.10. The predicted molar refractivity (Wildman–Crippen MR) is 207 cm³/mol. The first-order valence-electron chi connectivity index (χ1n) is 17.0. The van der Waals surface area contributed by atoms with Crippen LogP contribution in [-0.2, 0) is 0 Å². The number of aromatic nitrogens is 1. The van der Waals surface area contributed by atoms with Gasteiger partial charge in [-0.25, -0.2) is 0 Å². The van der Waals surface area contributed by atoms with E-state index in [0.29, 0.717) is 0 Å². The summed E-state index contributed by atoms with van der Waals surface area (Å²) >= 11 is 0. The number of hydrogen-bond acceptors (Lipinski definition) is 2. The first kappa shape index (κ1) is 27.8. The van der Waals surface area contributed by atoms with Crippen LogP contribution in [0.4, 0.5) is 17.1 Å². The third-order valence-electron chi connectivity index (χ3n) is 10.0. The number of nitrogens with zero attached hydrogens (tertiary/aromatic N) is 2. The first-order chi connectivity index (χ1) is 24.3. The number of para-hydroxylation sites is 2. The molecule has 0 saturated carbocycles. The van der Waals surface area contributed by atoms with E-state index in [4.69, 9.17) is 4.42 Å². The van der Waals surface area contributed by atoms with Gasteiger partial charge in [-0.05, 0) is 90.0 Å². The number of fused-ring (bicyclic) bond motifs is 8. The summed E-state index contributed by atoms with van der Waals surface area (Å²) in [6.45, 7) is 0. The molecule has 10 rings (SSSR count). The first-order valence-corrected chi connectivity index (χ1v) is 17.0. The topological polar surface area (TPSA) is 21.3 Å². The van der Waals surface area contributed by atoms with Gasteiger partial charge in [0.25, 0.3) is 0 Å². The molecule has 0 fully saturated rings. The second kappa shape index (κ2) is 11.1. The molecule has 0 saturated heterocycles. The summed E-state index contributed by atoms with van der Waals surface area (Å²) in [5.41, 5.74) is 11.2. The highest BCUT2D eigenvalue weighted by Gasteiger charge is 2.20. The zero-order valence-electron chi connectivity index (χ0n) is 26.9. The Kier molecular flexibility index (Phi) is 6.31. The molecular weight excluding hydrogens is 597 g/mol. The molecule has 0 spiro atoms. The fraction of sp³-hybridized carbons (Fsp3) is 0.0435. The summed E-state index contributed by atoms with van der Waals surface area (Å²) in [4.78, 5) is 2.36. The number of anilines is 3. The average molecular weight is 629 g/mol. The van der Waals surface area contributed by atoms with E-state index in [-0.39, 0.29) is 0 Å². The fourth-order valence-corrected chi connectivity index (χ4v) is 7.72. The molecule has 1 aliphatic rings. The van der Waals surface area contributed by atoms with E-state index in [1.165, 1.54) is 43.7 Å². The van der Waals surface area contributed by atoms with Crippen LogP contribution in [0.15, 0.2) is 174 Å². The van der Waals surface area contributed by atoms with Crippen molar-refractivity contribution in [3.05, 3.63) is 175 Å². The van der Waals surface area contributed by atoms with Gasteiger partial charge in [-0.2, -0.15) is 0 Å². The molecule has 3 heteroatoms. The molecule has 7 aromatic carbocycles. The van der Waals surface area contributed by atoms with Crippen LogP contribution in [0, 0.1) is 0 Å². The third-order valence-corrected chi connectivity index (χ3v) is 10.0. The Labute approximate surface area is 284 Å². The van der Waals surface area contributed by atoms with Gasteiger partial charge in [-0.15, -0.1) is 0 Å². The van der Waals surface area contributed by atoms with Crippen molar-refractivity contribution < 1.29 is 4.42 Å². The minimum Gasteiger partial charge on any atom is -0.456 e. The van der Waals surface area contributed by atoms with E-state index in [0.717, 1.165) is 57.5 Å². The number of benzene rings is 7. The van der Waals surface area contributed by atoms with Crippen LogP contribution in [0.2, 0.25) is 0 Å². The summed E-state index contributed by atoms with van der Waals surface area (Å²) in [5.74, 6) is 0. The molecule has 0 N–H and O–H groups in total. The van der Waals surface area contributed by atoms with Crippen molar-refractivity contribution in [3.63, 3.8) is 0 Å². The minimum atomic E-state index is 0.882. The summed E-state index contributed by atoms with van der Waals surface area (Å²) in [6.07, 6.45) is 8.81. The lowest BCUT2D eigenvalue weighted by molar-refractivity contribution is 0.669. The van der Waals surface area contributed by atoms with Crippen molar-refractivity contribution in [3.8, 4) is 5.69 Å². The lowest BCUT2D eigenvalue weighted by Gasteiger charge is -2.26. The molecule has 0 bridgehead atoms. The fourth-order valence-electron chi connectivity index (χ4n) is 7.72. The highest BCUT2D eigenvalue weighted by molar-refractivity contribution is 6.19. The van der Waals surface area contributed by atoms with Crippen molar-refractivity contribution >= 4 is 77.2 Å². The van der Waals surface area contributed by atoms with Gasteiger partial charge in [0.05, 0.1) is 11.0 Å². The summed E-state index contributed by atoms with van der Waals surface area (Å²) in [7, 11) is 0. The largest absolute Gasteiger partial charge is 0.456 e. The molecule has 3 nitrogen and oxygen atoms in total. The van der Waals surface area contributed by atoms with Crippen LogP contribution in [-0.4, -0.2) is 4.57 Å². The minimum absolute atomic E-state index is 0.882. The van der Waals surface area contributed by atoms with E-state index in [1.807, 2.05) is 12.1 Å². The van der Waals surface area contributed by atoms with Crippen LogP contribution in [0.3, 0.4) is 0 Å². The number of allylic oxidation sites excluding steroid dienone is 4. The van der Waals surface area contributed by atoms with Crippen molar-refractivity contribution in [2.75, 3.05) is 4.90 Å². The maximum absolute atomic E-state index is 6.39. The number of rotatable bonds is 5. The molecule has 9 aromatic rings. The van der Waals surface area contributed by atoms with Gasteiger partial charge >= 0.3 is 0 Å². The Morgan fingerprint density at radius 1 is 0.531 bits per heavy atom. The van der Waals surface area contributed by atoms with Crippen molar-refractivity contribution in [1.82, 2.24) is 4.57 Å². The van der Waals surface area contributed by atoms with E-state index in [2.05, 4.69) is 167 Å². The summed E-state index contributed by atoms with van der Waals surface area (Å²) in [5, 5.41) is 7.20. The van der Waals surface area contributed by atoms with Crippen molar-refractivity contribution in [2.24, 2.45) is 0 Å². The third kappa shape index (κ3) is 4.51. The molecule has 2 heterocycles. The molecule has 0 aliphatic heterocycles. The zero-order valence-corrected chi connectivity index (χ0v) is 26.9. The molecule has 232 valence electrons. The molecule has 2 aromatic heterocycles. The SMILES string of the molecule is C1=CCCC(c2ccc(N(c3ccc4c(c3)oc3ccccc34)c3ccc4c(c3)c3ccc5ccccc5c3n4-c3ccccc3)cc2)=C1. The van der Waals surface area contributed by atoms with Crippen molar-refractivity contribution in [1.29, 1.82) is 0 Å². The average Bonchev–Trinajstić information content (AvgIpc) is 3.71. The molecule has 0 unspecified atom stereocenters. The zero-order chi connectivity index (χ0) is 32.3. The highest BCUT2D eigenvalue weighted by atomic mass is 16.3. The van der Waals surface area contributed by atoms with Gasteiger partial charge in [0, 0.05) is 55.7 Å². The standard InChI is InChI=1S/C46H32N2O/c1-3-11-31(12-4-1)32-19-22-35(23-20-32)47(37-24-27-40-39-17-9-10-18-44(39)49-45(40)30-37)36-25-28-43-42(29-36)41-26-21-33-13-7-8-16-38(33)46(41)48(43)34-14-5-2-6-15-34/h1-3,5-11,13-30H,4,12H2. The molecule has 49 heavy (non-hydrogen) atoms. The van der Waals surface area contributed by atoms with E-state index < -0.39 is 0 Å². The number of furan rings is 1. The Bertz CT molecular complexity index is 2760. The van der Waals surface area contributed by atoms with Crippen LogP contribution < -0.4 is 4.90 Å². The molecular formula is C46H32N2O. The lowest BCUT2D eigenvalue weighted by atomic mass is 9.97. The quantitative estimate of drug-likeness (QED) is 0.189. The predicted octanol–water partition coefficient (Wildman–Crippen LogP) is 13.0. The molecule has 1 aliphatic carbocycles. The highest BCUT2D eigenvalue weighted by Crippen LogP contribution is 2.43. The Morgan fingerprint density at radius 2 is 1.24 bits per heavy atom. The van der Waals surface area contributed by atoms with E-state index in [9.17, 15) is 0 Å². The smallest absolute Gasteiger partial charge is 0.137 e. The number of hydrogen-bond donors (Lipinski definition) is 0. The van der Waals surface area contributed by atoms with Crippen LogP contribution >= 0.6 is 0 Å². The Morgan fingerprint density at radius 3 is 2.10 bits per heavy atom. The summed E-state index contributed by atoms with van der Waals surface area (Å²) < 4.78 is 8.81. The maximum Gasteiger partial charge on any atom is 0.137 e. The second-order valence-corrected chi connectivity index (χ2v) is 12.9. The Hall–Kier alpha value is -6.32. The van der Waals surface area contributed by atoms with E-state index in [1.54, 1.807) is 0 Å². The molecule has 0 atom stereocenters. The Balaban J connectivity index is 1.21. The maximum atomic E-state index is 6.39. The van der Waals surface area contributed by atoms with Gasteiger partial charge in [0.15, 0.2) is 0 Å². The summed E-state index contributed by atoms with van der Waals surface area (Å²) in [6, 6.07) is 54.7. The van der Waals surface area contributed by atoms with Gasteiger partial charge in [-0.1, -0.05) is 103 Å². The van der Waals surface area contributed by atoms with Crippen LogP contribution in [0.25, 0.3) is 65.8 Å². The monoisotopic (exact) mass is 628 g/mol. The molecule has 0 amide bonds. The van der Waals surface area contributed by atoms with Crippen molar-refractivity contribution in [2.45, 2.75) is 12.8 Å². The molecule has 0 radical (unpaired) electrons. The van der Waals surface area contributed by atoms with E-state index >= 15 is 0 Å². The van der Waals surface area contributed by atoms with Gasteiger partial charge in [0.2, 0.25) is 0 Å². The van der Waals surface area contributed by atoms with Crippen LogP contribution in [0.5, 0.6) is 0 Å². The second-order valence-electron chi connectivity index (χ2n) is 12.9. The normalized spacial score (nSPS) is 13.2. The van der Waals surface area contributed by atoms with Gasteiger partial charge in [0.1, 0.15) is 11.2 Å².